The lowest BCUT2D eigenvalue weighted by Gasteiger charge is -2.12. The molecule has 0 aliphatic carbocycles. The van der Waals surface area contributed by atoms with Gasteiger partial charge in [-0.1, -0.05) is 0 Å². The fraction of sp³-hybridized carbons (Fsp3) is 0.375. The molecular weight excluding hydrogens is 154 g/mol. The fourth-order valence-corrected chi connectivity index (χ4v) is 1.00. The highest BCUT2D eigenvalue weighted by Crippen LogP contribution is 2.16. The minimum atomic E-state index is -0.666. The summed E-state index contributed by atoms with van der Waals surface area (Å²) in [7, 11) is 3.46. The van der Waals surface area contributed by atoms with Gasteiger partial charge in [0.25, 0.3) is 0 Å². The van der Waals surface area contributed by atoms with Crippen LogP contribution in [0, 0.1) is 0 Å². The summed E-state index contributed by atoms with van der Waals surface area (Å²) >= 11 is 0. The lowest BCUT2D eigenvalue weighted by atomic mass is 10.2. The smallest absolute Gasteiger partial charge is 0.134 e. The van der Waals surface area contributed by atoms with Gasteiger partial charge in [0.2, 0.25) is 0 Å². The van der Waals surface area contributed by atoms with Crippen molar-refractivity contribution in [2.75, 3.05) is 19.4 Å². The molecule has 4 nitrogen and oxygen atoms in total. The predicted molar refractivity (Wildman–Crippen MR) is 47.8 cm³/mol. The van der Waals surface area contributed by atoms with E-state index in [1.165, 1.54) is 0 Å². The number of aromatic nitrogens is 1. The van der Waals surface area contributed by atoms with E-state index in [9.17, 15) is 5.11 Å². The van der Waals surface area contributed by atoms with Crippen molar-refractivity contribution in [3.05, 3.63) is 23.9 Å². The summed E-state index contributed by atoms with van der Waals surface area (Å²) in [6, 6.07) is 3.61. The predicted octanol–water partition coefficient (Wildman–Crippen LogP) is 0.334. The highest BCUT2D eigenvalue weighted by Gasteiger charge is 2.08. The van der Waals surface area contributed by atoms with E-state index < -0.39 is 6.23 Å². The van der Waals surface area contributed by atoms with Crippen LogP contribution in [0.25, 0.3) is 0 Å². The minimum Gasteiger partial charge on any atom is -0.374 e. The second-order valence-corrected chi connectivity index (χ2v) is 2.38. The lowest BCUT2D eigenvalue weighted by molar-refractivity contribution is 0.149. The third kappa shape index (κ3) is 1.72. The highest BCUT2D eigenvalue weighted by molar-refractivity contribution is 5.43. The number of anilines is 1. The lowest BCUT2D eigenvalue weighted by Crippen LogP contribution is -2.17. The van der Waals surface area contributed by atoms with E-state index in [-0.39, 0.29) is 0 Å². The molecule has 12 heavy (non-hydrogen) atoms. The Balaban J connectivity index is 2.96. The van der Waals surface area contributed by atoms with Gasteiger partial charge < -0.3 is 10.4 Å². The van der Waals surface area contributed by atoms with Crippen LogP contribution in [-0.2, 0) is 0 Å². The molecule has 1 atom stereocenters. The van der Waals surface area contributed by atoms with Crippen LogP contribution in [0.5, 0.6) is 0 Å². The zero-order valence-corrected chi connectivity index (χ0v) is 7.20. The number of nitrogens with one attached hydrogen (secondary N) is 2. The summed E-state index contributed by atoms with van der Waals surface area (Å²) in [5.41, 5.74) is 0.752. The number of rotatable bonds is 3. The maximum atomic E-state index is 9.45. The first-order valence-corrected chi connectivity index (χ1v) is 3.77. The molecule has 0 saturated heterocycles. The summed E-state index contributed by atoms with van der Waals surface area (Å²) < 4.78 is 0. The first-order chi connectivity index (χ1) is 5.79. The van der Waals surface area contributed by atoms with Crippen molar-refractivity contribution in [3.63, 3.8) is 0 Å². The van der Waals surface area contributed by atoms with Crippen molar-refractivity contribution in [1.29, 1.82) is 0 Å². The van der Waals surface area contributed by atoms with Crippen molar-refractivity contribution in [3.8, 4) is 0 Å². The molecule has 0 bridgehead atoms. The van der Waals surface area contributed by atoms with Crippen LogP contribution in [0.4, 0.5) is 5.82 Å². The third-order valence-electron chi connectivity index (χ3n) is 1.64. The molecule has 0 aliphatic rings. The topological polar surface area (TPSA) is 57.2 Å². The standard InChI is InChI=1S/C8H13N3O/c1-9-7-6(8(12)10-2)4-3-5-11-7/h3-5,8,10,12H,1-2H3,(H,9,11). The number of pyridine rings is 1. The Kier molecular flexibility index (Phi) is 3.01. The van der Waals surface area contributed by atoms with Crippen molar-refractivity contribution in [1.82, 2.24) is 10.3 Å². The maximum Gasteiger partial charge on any atom is 0.134 e. The van der Waals surface area contributed by atoms with E-state index in [0.29, 0.717) is 5.82 Å². The van der Waals surface area contributed by atoms with Gasteiger partial charge in [-0.2, -0.15) is 0 Å². The van der Waals surface area contributed by atoms with Crippen molar-refractivity contribution in [2.45, 2.75) is 6.23 Å². The van der Waals surface area contributed by atoms with Crippen molar-refractivity contribution < 1.29 is 5.11 Å². The van der Waals surface area contributed by atoms with Crippen molar-refractivity contribution in [2.24, 2.45) is 0 Å². The minimum absolute atomic E-state index is 0.666. The Labute approximate surface area is 71.6 Å². The molecule has 3 N–H and O–H groups in total. The molecule has 0 aromatic carbocycles. The number of hydrogen-bond acceptors (Lipinski definition) is 4. The number of aliphatic hydroxyl groups is 1. The number of hydrogen-bond donors (Lipinski definition) is 3. The Hall–Kier alpha value is -1.13. The highest BCUT2D eigenvalue weighted by atomic mass is 16.3. The quantitative estimate of drug-likeness (QED) is 0.568. The zero-order chi connectivity index (χ0) is 8.97. The molecule has 1 aromatic rings. The van der Waals surface area contributed by atoms with Crippen LogP contribution in [-0.4, -0.2) is 24.2 Å². The molecule has 1 aromatic heterocycles. The second kappa shape index (κ2) is 4.04. The SMILES string of the molecule is CNc1ncccc1C(O)NC. The average Bonchev–Trinajstić information content (AvgIpc) is 2.16. The Morgan fingerprint density at radius 1 is 1.50 bits per heavy atom. The molecule has 0 spiro atoms. The second-order valence-electron chi connectivity index (χ2n) is 2.38. The van der Waals surface area contributed by atoms with E-state index in [4.69, 9.17) is 0 Å². The average molecular weight is 167 g/mol. The van der Waals surface area contributed by atoms with Crippen LogP contribution in [0.2, 0.25) is 0 Å². The Bertz CT molecular complexity index is 252. The molecular formula is C8H13N3O. The van der Waals surface area contributed by atoms with E-state index >= 15 is 0 Å². The summed E-state index contributed by atoms with van der Waals surface area (Å²) in [4.78, 5) is 4.06. The molecule has 1 unspecified atom stereocenters. The maximum absolute atomic E-state index is 9.45. The van der Waals surface area contributed by atoms with Gasteiger partial charge in [0, 0.05) is 18.8 Å². The largest absolute Gasteiger partial charge is 0.374 e. The van der Waals surface area contributed by atoms with Crippen LogP contribution < -0.4 is 10.6 Å². The zero-order valence-electron chi connectivity index (χ0n) is 7.20. The molecule has 1 heterocycles. The first kappa shape index (κ1) is 8.96. The number of aliphatic hydroxyl groups excluding tert-OH is 1. The van der Waals surface area contributed by atoms with Gasteiger partial charge in [0.15, 0.2) is 0 Å². The first-order valence-electron chi connectivity index (χ1n) is 3.77. The summed E-state index contributed by atoms with van der Waals surface area (Å²) in [5, 5.41) is 15.1. The molecule has 0 radical (unpaired) electrons. The van der Waals surface area contributed by atoms with Gasteiger partial charge in [0.1, 0.15) is 12.0 Å². The molecule has 4 heteroatoms. The Morgan fingerprint density at radius 3 is 2.83 bits per heavy atom. The van der Waals surface area contributed by atoms with Gasteiger partial charge in [-0.3, -0.25) is 5.32 Å². The fourth-order valence-electron chi connectivity index (χ4n) is 1.00. The van der Waals surface area contributed by atoms with Gasteiger partial charge in [-0.05, 0) is 19.2 Å². The van der Waals surface area contributed by atoms with E-state index in [1.54, 1.807) is 26.4 Å². The molecule has 0 fully saturated rings. The van der Waals surface area contributed by atoms with Crippen LogP contribution >= 0.6 is 0 Å². The van der Waals surface area contributed by atoms with Gasteiger partial charge in [-0.25, -0.2) is 4.98 Å². The third-order valence-corrected chi connectivity index (χ3v) is 1.64. The molecule has 1 rings (SSSR count). The summed E-state index contributed by atoms with van der Waals surface area (Å²) in [6.07, 6.45) is 1.01. The van der Waals surface area contributed by atoms with Gasteiger partial charge >= 0.3 is 0 Å². The molecule has 0 amide bonds. The van der Waals surface area contributed by atoms with E-state index in [0.717, 1.165) is 5.56 Å². The van der Waals surface area contributed by atoms with Gasteiger partial charge in [0.05, 0.1) is 0 Å². The van der Waals surface area contributed by atoms with Crippen LogP contribution in [0.15, 0.2) is 18.3 Å². The summed E-state index contributed by atoms with van der Waals surface area (Å²) in [5.74, 6) is 0.694. The van der Waals surface area contributed by atoms with E-state index in [2.05, 4.69) is 15.6 Å². The normalized spacial score (nSPS) is 12.6. The van der Waals surface area contributed by atoms with Crippen molar-refractivity contribution >= 4 is 5.82 Å². The van der Waals surface area contributed by atoms with Gasteiger partial charge in [-0.15, -0.1) is 0 Å². The number of nitrogens with zero attached hydrogens (tertiary/aromatic N) is 1. The summed E-state index contributed by atoms with van der Waals surface area (Å²) in [6.45, 7) is 0. The molecule has 0 aliphatic heterocycles. The van der Waals surface area contributed by atoms with E-state index in [1.807, 2.05) is 6.07 Å². The molecule has 66 valence electrons. The van der Waals surface area contributed by atoms with Crippen LogP contribution in [0.3, 0.4) is 0 Å². The monoisotopic (exact) mass is 167 g/mol. The van der Waals surface area contributed by atoms with Crippen LogP contribution in [0.1, 0.15) is 11.8 Å². The molecule has 0 saturated carbocycles. The Morgan fingerprint density at radius 2 is 2.25 bits per heavy atom.